The van der Waals surface area contributed by atoms with Gasteiger partial charge in [0.05, 0.1) is 23.4 Å². The third-order valence-electron chi connectivity index (χ3n) is 4.32. The number of carbonyl (C=O) groups excluding carboxylic acids is 1. The molecule has 0 radical (unpaired) electrons. The fourth-order valence-electron chi connectivity index (χ4n) is 2.87. The molecule has 0 bridgehead atoms. The molecule has 1 aliphatic heterocycles. The number of hydrogen-bond acceptors (Lipinski definition) is 4. The summed E-state index contributed by atoms with van der Waals surface area (Å²) in [7, 11) is 0. The van der Waals surface area contributed by atoms with E-state index < -0.39 is 11.6 Å². The van der Waals surface area contributed by atoms with Gasteiger partial charge in [0.15, 0.2) is 6.29 Å². The van der Waals surface area contributed by atoms with Crippen molar-refractivity contribution in [3.63, 3.8) is 0 Å². The molecule has 1 aromatic rings. The summed E-state index contributed by atoms with van der Waals surface area (Å²) >= 11 is 0. The number of rotatable bonds is 3. The minimum Gasteiger partial charge on any atom is -0.465 e. The molecule has 7 heteroatoms. The molecule has 122 valence electrons. The maximum Gasteiger partial charge on any atom is 0.407 e. The SMILES string of the molecule is CC(C)(C)c1nn(C2(CO)CCN(C(=O)O)CC2)cc1C=O. The molecule has 2 rings (SSSR count). The highest BCUT2D eigenvalue weighted by molar-refractivity contribution is 5.76. The third kappa shape index (κ3) is 2.85. The van der Waals surface area contributed by atoms with Crippen LogP contribution in [0.25, 0.3) is 0 Å². The molecule has 1 fully saturated rings. The smallest absolute Gasteiger partial charge is 0.407 e. The van der Waals surface area contributed by atoms with Gasteiger partial charge in [-0.05, 0) is 12.8 Å². The topological polar surface area (TPSA) is 95.7 Å². The Hall–Kier alpha value is -1.89. The number of piperidine rings is 1. The molecular weight excluding hydrogens is 286 g/mol. The Morgan fingerprint density at radius 2 is 2.00 bits per heavy atom. The molecule has 0 saturated carbocycles. The first-order valence-electron chi connectivity index (χ1n) is 7.38. The number of carbonyl (C=O) groups is 2. The predicted molar refractivity (Wildman–Crippen MR) is 80.2 cm³/mol. The zero-order valence-electron chi connectivity index (χ0n) is 13.2. The lowest BCUT2D eigenvalue weighted by Crippen LogP contribution is -2.50. The van der Waals surface area contributed by atoms with Crippen molar-refractivity contribution in [2.24, 2.45) is 0 Å². The van der Waals surface area contributed by atoms with Gasteiger partial charge in [0.2, 0.25) is 0 Å². The Kier molecular flexibility index (Phi) is 4.28. The van der Waals surface area contributed by atoms with Gasteiger partial charge in [-0.2, -0.15) is 5.10 Å². The van der Waals surface area contributed by atoms with E-state index in [0.717, 1.165) is 6.29 Å². The Labute approximate surface area is 129 Å². The largest absolute Gasteiger partial charge is 0.465 e. The van der Waals surface area contributed by atoms with Crippen LogP contribution in [0.2, 0.25) is 0 Å². The van der Waals surface area contributed by atoms with Crippen LogP contribution in [0.3, 0.4) is 0 Å². The van der Waals surface area contributed by atoms with Crippen LogP contribution in [-0.4, -0.2) is 57.0 Å². The summed E-state index contributed by atoms with van der Waals surface area (Å²) in [5, 5.41) is 23.5. The summed E-state index contributed by atoms with van der Waals surface area (Å²) in [6.45, 7) is 6.49. The lowest BCUT2D eigenvalue weighted by Gasteiger charge is -2.39. The second-order valence-corrected chi connectivity index (χ2v) is 6.90. The van der Waals surface area contributed by atoms with Crippen LogP contribution in [0.4, 0.5) is 4.79 Å². The predicted octanol–water partition coefficient (Wildman–Crippen LogP) is 1.45. The summed E-state index contributed by atoms with van der Waals surface area (Å²) in [4.78, 5) is 23.7. The summed E-state index contributed by atoms with van der Waals surface area (Å²) in [6.07, 6.45) is 2.44. The Morgan fingerprint density at radius 3 is 2.36 bits per heavy atom. The molecule has 0 aromatic carbocycles. The van der Waals surface area contributed by atoms with Gasteiger partial charge in [-0.3, -0.25) is 9.48 Å². The maximum absolute atomic E-state index is 11.3. The van der Waals surface area contributed by atoms with E-state index in [2.05, 4.69) is 5.10 Å². The van der Waals surface area contributed by atoms with Crippen molar-refractivity contribution < 1.29 is 19.8 Å². The van der Waals surface area contributed by atoms with Crippen LogP contribution in [0, 0.1) is 0 Å². The quantitative estimate of drug-likeness (QED) is 0.824. The number of hydrogen-bond donors (Lipinski definition) is 2. The molecule has 7 nitrogen and oxygen atoms in total. The van der Waals surface area contributed by atoms with Crippen molar-refractivity contribution in [2.75, 3.05) is 19.7 Å². The second-order valence-electron chi connectivity index (χ2n) is 6.90. The van der Waals surface area contributed by atoms with E-state index in [1.54, 1.807) is 10.9 Å². The fourth-order valence-corrected chi connectivity index (χ4v) is 2.87. The highest BCUT2D eigenvalue weighted by Crippen LogP contribution is 2.32. The van der Waals surface area contributed by atoms with Gasteiger partial charge in [-0.1, -0.05) is 20.8 Å². The zero-order chi connectivity index (χ0) is 16.5. The van der Waals surface area contributed by atoms with Crippen molar-refractivity contribution in [1.29, 1.82) is 0 Å². The van der Waals surface area contributed by atoms with Gasteiger partial charge in [0, 0.05) is 24.7 Å². The molecule has 2 N–H and O–H groups in total. The summed E-state index contributed by atoms with van der Waals surface area (Å²) in [5.41, 5.74) is 0.282. The van der Waals surface area contributed by atoms with Gasteiger partial charge >= 0.3 is 6.09 Å². The van der Waals surface area contributed by atoms with E-state index >= 15 is 0 Å². The number of aromatic nitrogens is 2. The molecule has 0 unspecified atom stereocenters. The molecule has 22 heavy (non-hydrogen) atoms. The molecular formula is C15H23N3O4. The standard InChI is InChI=1S/C15H23N3O4/c1-14(2,3)12-11(9-19)8-18(16-12)15(10-20)4-6-17(7-5-15)13(21)22/h8-9,20H,4-7,10H2,1-3H3,(H,21,22). The minimum atomic E-state index is -0.948. The van der Waals surface area contributed by atoms with E-state index in [1.165, 1.54) is 4.90 Å². The Bertz CT molecular complexity index is 566. The molecule has 0 spiro atoms. The van der Waals surface area contributed by atoms with E-state index in [1.807, 2.05) is 20.8 Å². The van der Waals surface area contributed by atoms with Gasteiger partial charge in [0.1, 0.15) is 0 Å². The molecule has 1 aliphatic rings. The summed E-state index contributed by atoms with van der Waals surface area (Å²) in [5.74, 6) is 0. The normalized spacial score (nSPS) is 18.3. The van der Waals surface area contributed by atoms with Gasteiger partial charge in [-0.15, -0.1) is 0 Å². The second kappa shape index (κ2) is 5.72. The number of aliphatic hydroxyl groups is 1. The van der Waals surface area contributed by atoms with E-state index in [-0.39, 0.29) is 12.0 Å². The van der Waals surface area contributed by atoms with E-state index in [9.17, 15) is 14.7 Å². The Morgan fingerprint density at radius 1 is 1.41 bits per heavy atom. The van der Waals surface area contributed by atoms with Crippen molar-refractivity contribution in [3.8, 4) is 0 Å². The van der Waals surface area contributed by atoms with Gasteiger partial charge in [-0.25, -0.2) is 4.79 Å². The maximum atomic E-state index is 11.3. The lowest BCUT2D eigenvalue weighted by atomic mass is 9.88. The molecule has 1 amide bonds. The van der Waals surface area contributed by atoms with Crippen molar-refractivity contribution in [2.45, 2.75) is 44.6 Å². The molecule has 0 atom stereocenters. The number of amides is 1. The number of likely N-dealkylation sites (tertiary alicyclic amines) is 1. The summed E-state index contributed by atoms with van der Waals surface area (Å²) < 4.78 is 1.66. The number of aldehydes is 1. The molecule has 1 saturated heterocycles. The van der Waals surface area contributed by atoms with Crippen LogP contribution in [0.5, 0.6) is 0 Å². The van der Waals surface area contributed by atoms with Crippen LogP contribution in [0.1, 0.15) is 49.7 Å². The molecule has 2 heterocycles. The van der Waals surface area contributed by atoms with Crippen LogP contribution < -0.4 is 0 Å². The average molecular weight is 309 g/mol. The van der Waals surface area contributed by atoms with Crippen LogP contribution in [-0.2, 0) is 11.0 Å². The highest BCUT2D eigenvalue weighted by Gasteiger charge is 2.39. The number of aliphatic hydroxyl groups excluding tert-OH is 1. The van der Waals surface area contributed by atoms with Crippen LogP contribution in [0.15, 0.2) is 6.20 Å². The first-order valence-corrected chi connectivity index (χ1v) is 7.38. The minimum absolute atomic E-state index is 0.135. The number of carboxylic acid groups (broad SMARTS) is 1. The van der Waals surface area contributed by atoms with E-state index in [0.29, 0.717) is 37.2 Å². The average Bonchev–Trinajstić information content (AvgIpc) is 2.92. The van der Waals surface area contributed by atoms with Crippen LogP contribution >= 0.6 is 0 Å². The number of nitrogens with zero attached hydrogens (tertiary/aromatic N) is 3. The van der Waals surface area contributed by atoms with Crippen molar-refractivity contribution in [3.05, 3.63) is 17.5 Å². The monoisotopic (exact) mass is 309 g/mol. The fraction of sp³-hybridized carbons (Fsp3) is 0.667. The first-order chi connectivity index (χ1) is 10.2. The highest BCUT2D eigenvalue weighted by atomic mass is 16.4. The summed E-state index contributed by atoms with van der Waals surface area (Å²) in [6, 6.07) is 0. The third-order valence-corrected chi connectivity index (χ3v) is 4.32. The van der Waals surface area contributed by atoms with Crippen molar-refractivity contribution >= 4 is 12.4 Å². The van der Waals surface area contributed by atoms with Crippen molar-refractivity contribution in [1.82, 2.24) is 14.7 Å². The Balaban J connectivity index is 2.35. The first kappa shape index (κ1) is 16.5. The molecule has 0 aliphatic carbocycles. The zero-order valence-corrected chi connectivity index (χ0v) is 13.2. The van der Waals surface area contributed by atoms with E-state index in [4.69, 9.17) is 5.11 Å². The molecule has 1 aromatic heterocycles. The van der Waals surface area contributed by atoms with Gasteiger partial charge in [0.25, 0.3) is 0 Å². The van der Waals surface area contributed by atoms with Gasteiger partial charge < -0.3 is 15.1 Å². The lowest BCUT2D eigenvalue weighted by molar-refractivity contribution is 0.0432.